The summed E-state index contributed by atoms with van der Waals surface area (Å²) in [6, 6.07) is 18.8. The number of aromatic carboxylic acids is 1. The maximum absolute atomic E-state index is 12.8. The highest BCUT2D eigenvalue weighted by Gasteiger charge is 2.27. The Balaban J connectivity index is 1.23. The summed E-state index contributed by atoms with van der Waals surface area (Å²) in [6.45, 7) is 5.00. The van der Waals surface area contributed by atoms with Crippen molar-refractivity contribution in [3.8, 4) is 16.9 Å². The molecule has 5 heterocycles. The quantitative estimate of drug-likeness (QED) is 0.191. The van der Waals surface area contributed by atoms with Gasteiger partial charge in [-0.05, 0) is 73.7 Å². The van der Waals surface area contributed by atoms with Crippen LogP contribution in [-0.2, 0) is 49.1 Å². The van der Waals surface area contributed by atoms with Gasteiger partial charge in [0.2, 0.25) is 0 Å². The number of fused-ring (bicyclic) bond motifs is 8. The van der Waals surface area contributed by atoms with Gasteiger partial charge < -0.3 is 19.1 Å². The molecule has 1 fully saturated rings. The molecule has 12 heteroatoms. The van der Waals surface area contributed by atoms with Gasteiger partial charge in [-0.25, -0.2) is 4.79 Å². The molecule has 1 N–H and O–H groups in total. The van der Waals surface area contributed by atoms with Gasteiger partial charge in [0, 0.05) is 89.3 Å². The predicted molar refractivity (Wildman–Crippen MR) is 210 cm³/mol. The Morgan fingerprint density at radius 1 is 0.981 bits per heavy atom. The number of nitrogens with zero attached hydrogens (tertiary/aromatic N) is 5. The highest BCUT2D eigenvalue weighted by molar-refractivity contribution is 7.98. The lowest BCUT2D eigenvalue weighted by Crippen LogP contribution is -2.21. The van der Waals surface area contributed by atoms with E-state index in [9.17, 15) is 9.90 Å². The monoisotopic (exact) mass is 755 g/mol. The first-order valence-corrected chi connectivity index (χ1v) is 20.3. The fraction of sp³-hybridized carbons (Fsp3) is 0.375. The van der Waals surface area contributed by atoms with E-state index < -0.39 is 5.97 Å². The average Bonchev–Trinajstić information content (AvgIpc) is 3.75. The molecule has 52 heavy (non-hydrogen) atoms. The fourth-order valence-corrected chi connectivity index (χ4v) is 9.83. The first kappa shape index (κ1) is 35.1. The number of hydrogen-bond donors (Lipinski definition) is 1. The van der Waals surface area contributed by atoms with E-state index >= 15 is 0 Å². The molecule has 3 aromatic heterocycles. The minimum Gasteiger partial charge on any atom is -0.493 e. The second-order valence-corrected chi connectivity index (χ2v) is 16.2. The zero-order chi connectivity index (χ0) is 35.9. The van der Waals surface area contributed by atoms with Crippen LogP contribution in [0.2, 0.25) is 5.02 Å². The Kier molecular flexibility index (Phi) is 10.0. The molecule has 1 saturated heterocycles. The number of carboxylic acids is 1. The van der Waals surface area contributed by atoms with Crippen LogP contribution < -0.4 is 4.74 Å². The van der Waals surface area contributed by atoms with E-state index in [1.165, 1.54) is 5.69 Å². The van der Waals surface area contributed by atoms with Crippen molar-refractivity contribution in [2.75, 3.05) is 19.8 Å². The Morgan fingerprint density at radius 3 is 2.63 bits per heavy atom. The molecule has 0 saturated carbocycles. The van der Waals surface area contributed by atoms with Crippen LogP contribution in [0.25, 0.3) is 32.8 Å². The Labute approximate surface area is 316 Å². The zero-order valence-electron chi connectivity index (χ0n) is 29.7. The zero-order valence-corrected chi connectivity index (χ0v) is 32.0. The number of hydrogen-bond acceptors (Lipinski definition) is 7. The summed E-state index contributed by atoms with van der Waals surface area (Å²) in [5.41, 5.74) is 7.81. The molecule has 0 aliphatic carbocycles. The minimum atomic E-state index is -0.962. The molecule has 0 amide bonds. The summed E-state index contributed by atoms with van der Waals surface area (Å²) in [5.74, 6) is 2.60. The van der Waals surface area contributed by atoms with Crippen molar-refractivity contribution >= 4 is 62.8 Å². The molecule has 0 atom stereocenters. The summed E-state index contributed by atoms with van der Waals surface area (Å²) in [6.07, 6.45) is 3.29. The fourth-order valence-electron chi connectivity index (χ4n) is 7.79. The molecular weight excluding hydrogens is 714 g/mol. The van der Waals surface area contributed by atoms with Gasteiger partial charge in [0.05, 0.1) is 28.5 Å². The highest BCUT2D eigenvalue weighted by Crippen LogP contribution is 2.43. The molecule has 9 nitrogen and oxygen atoms in total. The Hall–Kier alpha value is -3.90. The number of carbonyl (C=O) groups is 1. The van der Waals surface area contributed by atoms with E-state index in [1.54, 1.807) is 28.1 Å². The summed E-state index contributed by atoms with van der Waals surface area (Å²) in [5, 5.41) is 24.3. The molecule has 270 valence electrons. The summed E-state index contributed by atoms with van der Waals surface area (Å²) in [7, 11) is 3.78. The van der Waals surface area contributed by atoms with E-state index in [4.69, 9.17) is 31.3 Å². The number of aryl methyl sites for hydroxylation is 3. The standard InChI is InChI=1S/C40H42ClN5O4S2/c1-24-36-34(43-45(24)3)23-51-21-27-18-28(46(42-27)20-25-12-15-49-16-13-25)22-52-29-17-26-7-4-5-8-30(26)35(19-29)50-14-6-9-31-32-10-11-33(41)37(36)38(32)44(2)39(31)40(47)48/h4-5,7-8,10-11,17-19,25H,6,9,12-16,20-23H2,1-3H3,(H,47,48). The maximum atomic E-state index is 12.8. The number of benzene rings is 3. The first-order chi connectivity index (χ1) is 25.3. The van der Waals surface area contributed by atoms with Gasteiger partial charge >= 0.3 is 5.97 Å². The molecule has 0 spiro atoms. The maximum Gasteiger partial charge on any atom is 0.352 e. The normalized spacial score (nSPS) is 16.2. The van der Waals surface area contributed by atoms with Gasteiger partial charge in [-0.15, -0.1) is 23.5 Å². The largest absolute Gasteiger partial charge is 0.493 e. The number of thioether (sulfide) groups is 2. The van der Waals surface area contributed by atoms with Crippen molar-refractivity contribution in [3.63, 3.8) is 0 Å². The van der Waals surface area contributed by atoms with Crippen LogP contribution in [-0.4, -0.2) is 55.0 Å². The second kappa shape index (κ2) is 14.9. The van der Waals surface area contributed by atoms with Crippen molar-refractivity contribution in [3.05, 3.63) is 93.7 Å². The Bertz CT molecular complexity index is 2300. The molecule has 2 aliphatic rings. The number of halogens is 1. The van der Waals surface area contributed by atoms with Crippen LogP contribution in [0.5, 0.6) is 5.75 Å². The van der Waals surface area contributed by atoms with E-state index in [0.717, 1.165) is 110 Å². The lowest BCUT2D eigenvalue weighted by atomic mass is 9.98. The lowest BCUT2D eigenvalue weighted by Gasteiger charge is -2.22. The third-order valence-electron chi connectivity index (χ3n) is 10.5. The van der Waals surface area contributed by atoms with Crippen LogP contribution >= 0.6 is 35.1 Å². The van der Waals surface area contributed by atoms with Gasteiger partial charge in [-0.1, -0.05) is 41.9 Å². The van der Waals surface area contributed by atoms with Crippen LogP contribution in [0.1, 0.15) is 58.1 Å². The van der Waals surface area contributed by atoms with Crippen molar-refractivity contribution < 1.29 is 19.4 Å². The lowest BCUT2D eigenvalue weighted by molar-refractivity contribution is 0.0599. The SMILES string of the molecule is Cc1c2c(nn1C)CSCc1cc(n(CC3CCOCC3)n1)CSc1cc(c3ccccc3c1)OCCCc1c(C(=O)O)n(C)c3c-2c(Cl)ccc13. The highest BCUT2D eigenvalue weighted by atomic mass is 35.5. The first-order valence-electron chi connectivity index (χ1n) is 17.8. The molecule has 2 aliphatic heterocycles. The molecule has 3 aromatic carbocycles. The third-order valence-corrected chi connectivity index (χ3v) is 12.8. The molecular formula is C40H42ClN5O4S2. The van der Waals surface area contributed by atoms with Gasteiger partial charge in [0.1, 0.15) is 11.4 Å². The number of ether oxygens (including phenoxy) is 2. The molecule has 8 rings (SSSR count). The molecule has 0 radical (unpaired) electrons. The van der Waals surface area contributed by atoms with Crippen LogP contribution in [0, 0.1) is 12.8 Å². The van der Waals surface area contributed by atoms with Crippen molar-refractivity contribution in [1.29, 1.82) is 0 Å². The van der Waals surface area contributed by atoms with Gasteiger partial charge in [-0.3, -0.25) is 9.36 Å². The van der Waals surface area contributed by atoms with Crippen molar-refractivity contribution in [2.24, 2.45) is 20.0 Å². The summed E-state index contributed by atoms with van der Waals surface area (Å²) in [4.78, 5) is 14.0. The minimum absolute atomic E-state index is 0.272. The van der Waals surface area contributed by atoms with Crippen LogP contribution in [0.3, 0.4) is 0 Å². The topological polar surface area (TPSA) is 96.3 Å². The van der Waals surface area contributed by atoms with Gasteiger partial charge in [0.25, 0.3) is 0 Å². The van der Waals surface area contributed by atoms with Crippen molar-refractivity contribution in [2.45, 2.75) is 61.3 Å². The summed E-state index contributed by atoms with van der Waals surface area (Å²) >= 11 is 10.6. The Morgan fingerprint density at radius 2 is 1.81 bits per heavy atom. The van der Waals surface area contributed by atoms with E-state index in [0.29, 0.717) is 36.1 Å². The molecule has 0 unspecified atom stereocenters. The smallest absolute Gasteiger partial charge is 0.352 e. The van der Waals surface area contributed by atoms with Gasteiger partial charge in [-0.2, -0.15) is 10.2 Å². The number of aromatic nitrogens is 5. The predicted octanol–water partition coefficient (Wildman–Crippen LogP) is 9.07. The molecule has 8 bridgehead atoms. The van der Waals surface area contributed by atoms with Crippen LogP contribution in [0.4, 0.5) is 0 Å². The van der Waals surface area contributed by atoms with Crippen LogP contribution in [0.15, 0.2) is 59.5 Å². The van der Waals surface area contributed by atoms with Crippen molar-refractivity contribution in [1.82, 2.24) is 24.1 Å². The average molecular weight is 756 g/mol. The summed E-state index contributed by atoms with van der Waals surface area (Å²) < 4.78 is 18.1. The molecule has 6 aromatic rings. The van der Waals surface area contributed by atoms with E-state index in [-0.39, 0.29) is 5.69 Å². The number of rotatable bonds is 3. The number of carboxylic acid groups (broad SMARTS) is 1. The third kappa shape index (κ3) is 6.72. The van der Waals surface area contributed by atoms with E-state index in [2.05, 4.69) is 41.1 Å². The van der Waals surface area contributed by atoms with Gasteiger partial charge in [0.15, 0.2) is 0 Å². The van der Waals surface area contributed by atoms with E-state index in [1.807, 2.05) is 43.9 Å². The second-order valence-electron chi connectivity index (χ2n) is 13.8.